The first kappa shape index (κ1) is 17.2. The van der Waals surface area contributed by atoms with Crippen LogP contribution in [0.3, 0.4) is 0 Å². The SMILES string of the molecule is Cc1cc(C)cc(C2CC(NC(=O)c3ccccc3)CN(C=O)C2)c1. The number of carbonyl (C=O) groups excluding carboxylic acids is 2. The Hall–Kier alpha value is -2.62. The molecule has 2 amide bonds. The van der Waals surface area contributed by atoms with E-state index in [1.807, 2.05) is 18.2 Å². The summed E-state index contributed by atoms with van der Waals surface area (Å²) in [6, 6.07) is 15.7. The van der Waals surface area contributed by atoms with Gasteiger partial charge in [-0.2, -0.15) is 0 Å². The topological polar surface area (TPSA) is 49.4 Å². The van der Waals surface area contributed by atoms with Crippen molar-refractivity contribution in [2.24, 2.45) is 0 Å². The lowest BCUT2D eigenvalue weighted by Crippen LogP contribution is -2.49. The zero-order valence-corrected chi connectivity index (χ0v) is 14.7. The Bertz CT molecular complexity index is 737. The molecule has 1 heterocycles. The van der Waals surface area contributed by atoms with Gasteiger partial charge in [0.25, 0.3) is 5.91 Å². The summed E-state index contributed by atoms with van der Waals surface area (Å²) in [6.07, 6.45) is 1.72. The van der Waals surface area contributed by atoms with Gasteiger partial charge in [-0.15, -0.1) is 0 Å². The Labute approximate surface area is 148 Å². The van der Waals surface area contributed by atoms with Crippen LogP contribution < -0.4 is 5.32 Å². The number of aryl methyl sites for hydroxylation is 2. The predicted octanol–water partition coefficient (Wildman–Crippen LogP) is 3.05. The Morgan fingerprint density at radius 2 is 1.76 bits per heavy atom. The lowest BCUT2D eigenvalue weighted by Gasteiger charge is -2.36. The zero-order valence-electron chi connectivity index (χ0n) is 14.7. The monoisotopic (exact) mass is 336 g/mol. The van der Waals surface area contributed by atoms with E-state index in [1.165, 1.54) is 16.7 Å². The fourth-order valence-electron chi connectivity index (χ4n) is 3.67. The number of piperidine rings is 1. The van der Waals surface area contributed by atoms with Gasteiger partial charge in [-0.1, -0.05) is 47.5 Å². The van der Waals surface area contributed by atoms with Crippen LogP contribution in [0.2, 0.25) is 0 Å². The third kappa shape index (κ3) is 4.27. The molecule has 1 saturated heterocycles. The third-order valence-corrected chi connectivity index (χ3v) is 4.71. The summed E-state index contributed by atoms with van der Waals surface area (Å²) in [7, 11) is 0. The Morgan fingerprint density at radius 3 is 2.40 bits per heavy atom. The standard InChI is InChI=1S/C21H24N2O2/c1-15-8-16(2)10-18(9-15)19-11-20(13-23(12-19)14-24)22-21(25)17-6-4-3-5-7-17/h3-10,14,19-20H,11-13H2,1-2H3,(H,22,25). The molecule has 1 fully saturated rings. The van der Waals surface area contributed by atoms with Crippen LogP contribution in [0.15, 0.2) is 48.5 Å². The first-order valence-electron chi connectivity index (χ1n) is 8.68. The molecule has 0 spiro atoms. The fraction of sp³-hybridized carbons (Fsp3) is 0.333. The summed E-state index contributed by atoms with van der Waals surface area (Å²) >= 11 is 0. The van der Waals surface area contributed by atoms with E-state index in [2.05, 4.69) is 37.4 Å². The lowest BCUT2D eigenvalue weighted by molar-refractivity contribution is -0.119. The summed E-state index contributed by atoms with van der Waals surface area (Å²) in [5.41, 5.74) is 4.34. The molecule has 1 aliphatic heterocycles. The molecule has 0 bridgehead atoms. The second-order valence-corrected chi connectivity index (χ2v) is 6.95. The molecule has 2 aromatic rings. The molecular weight excluding hydrogens is 312 g/mol. The van der Waals surface area contributed by atoms with Crippen molar-refractivity contribution in [2.45, 2.75) is 32.2 Å². The van der Waals surface area contributed by atoms with E-state index in [4.69, 9.17) is 0 Å². The Balaban J connectivity index is 1.76. The largest absolute Gasteiger partial charge is 0.348 e. The highest BCUT2D eigenvalue weighted by Gasteiger charge is 2.29. The van der Waals surface area contributed by atoms with Gasteiger partial charge >= 0.3 is 0 Å². The number of benzene rings is 2. The quantitative estimate of drug-likeness (QED) is 0.873. The molecule has 4 heteroatoms. The molecule has 130 valence electrons. The first-order chi connectivity index (χ1) is 12.0. The molecule has 0 radical (unpaired) electrons. The molecule has 0 aliphatic carbocycles. The minimum absolute atomic E-state index is 0.0440. The Morgan fingerprint density at radius 1 is 1.08 bits per heavy atom. The smallest absolute Gasteiger partial charge is 0.251 e. The van der Waals surface area contributed by atoms with Crippen LogP contribution in [-0.2, 0) is 4.79 Å². The van der Waals surface area contributed by atoms with Crippen LogP contribution in [0.1, 0.15) is 39.4 Å². The molecule has 25 heavy (non-hydrogen) atoms. The fourth-order valence-corrected chi connectivity index (χ4v) is 3.67. The molecule has 1 N–H and O–H groups in total. The van der Waals surface area contributed by atoms with Crippen LogP contribution in [0.4, 0.5) is 0 Å². The van der Waals surface area contributed by atoms with Gasteiger partial charge in [-0.05, 0) is 38.0 Å². The van der Waals surface area contributed by atoms with Gasteiger partial charge in [0, 0.05) is 30.6 Å². The number of hydrogen-bond donors (Lipinski definition) is 1. The van der Waals surface area contributed by atoms with Crippen LogP contribution >= 0.6 is 0 Å². The van der Waals surface area contributed by atoms with Gasteiger partial charge in [0.1, 0.15) is 0 Å². The summed E-state index contributed by atoms with van der Waals surface area (Å²) in [6.45, 7) is 5.43. The van der Waals surface area contributed by atoms with Crippen LogP contribution in [0, 0.1) is 13.8 Å². The summed E-state index contributed by atoms with van der Waals surface area (Å²) < 4.78 is 0. The molecule has 2 aromatic carbocycles. The molecule has 3 rings (SSSR count). The van der Waals surface area contributed by atoms with Crippen molar-refractivity contribution in [3.05, 3.63) is 70.8 Å². The summed E-state index contributed by atoms with van der Waals surface area (Å²) in [4.78, 5) is 25.6. The predicted molar refractivity (Wildman–Crippen MR) is 98.6 cm³/mol. The number of rotatable bonds is 4. The van der Waals surface area contributed by atoms with Gasteiger partial charge in [0.05, 0.1) is 0 Å². The van der Waals surface area contributed by atoms with Crippen molar-refractivity contribution in [2.75, 3.05) is 13.1 Å². The highest BCUT2D eigenvalue weighted by atomic mass is 16.2. The van der Waals surface area contributed by atoms with Crippen molar-refractivity contribution in [3.8, 4) is 0 Å². The van der Waals surface area contributed by atoms with E-state index in [1.54, 1.807) is 17.0 Å². The van der Waals surface area contributed by atoms with E-state index in [0.29, 0.717) is 18.7 Å². The minimum atomic E-state index is -0.0856. The first-order valence-corrected chi connectivity index (χ1v) is 8.68. The van der Waals surface area contributed by atoms with E-state index in [-0.39, 0.29) is 17.9 Å². The minimum Gasteiger partial charge on any atom is -0.348 e. The molecule has 0 aromatic heterocycles. The molecule has 0 saturated carbocycles. The second-order valence-electron chi connectivity index (χ2n) is 6.95. The van der Waals surface area contributed by atoms with Gasteiger partial charge < -0.3 is 10.2 Å². The highest BCUT2D eigenvalue weighted by molar-refractivity contribution is 5.94. The number of nitrogens with zero attached hydrogens (tertiary/aromatic N) is 1. The summed E-state index contributed by atoms with van der Waals surface area (Å²) in [5, 5.41) is 3.09. The van der Waals surface area contributed by atoms with Crippen molar-refractivity contribution in [1.29, 1.82) is 0 Å². The van der Waals surface area contributed by atoms with E-state index < -0.39 is 0 Å². The number of carbonyl (C=O) groups is 2. The van der Waals surface area contributed by atoms with Crippen LogP contribution in [0.5, 0.6) is 0 Å². The molecule has 2 unspecified atom stereocenters. The van der Waals surface area contributed by atoms with Crippen molar-refractivity contribution in [3.63, 3.8) is 0 Å². The number of hydrogen-bond acceptors (Lipinski definition) is 2. The molecular formula is C21H24N2O2. The maximum atomic E-state index is 12.4. The maximum Gasteiger partial charge on any atom is 0.251 e. The maximum absolute atomic E-state index is 12.4. The van der Waals surface area contributed by atoms with E-state index in [0.717, 1.165) is 12.8 Å². The molecule has 4 nitrogen and oxygen atoms in total. The lowest BCUT2D eigenvalue weighted by atomic mass is 9.86. The van der Waals surface area contributed by atoms with Crippen LogP contribution in [-0.4, -0.2) is 36.3 Å². The van der Waals surface area contributed by atoms with Crippen molar-refractivity contribution >= 4 is 12.3 Å². The van der Waals surface area contributed by atoms with Gasteiger partial charge in [-0.25, -0.2) is 0 Å². The zero-order chi connectivity index (χ0) is 17.8. The van der Waals surface area contributed by atoms with E-state index in [9.17, 15) is 9.59 Å². The molecule has 1 aliphatic rings. The molecule has 2 atom stereocenters. The average molecular weight is 336 g/mol. The average Bonchev–Trinajstić information content (AvgIpc) is 2.61. The van der Waals surface area contributed by atoms with Gasteiger partial charge in [-0.3, -0.25) is 9.59 Å². The number of amides is 2. The third-order valence-electron chi connectivity index (χ3n) is 4.71. The summed E-state index contributed by atoms with van der Waals surface area (Å²) in [5.74, 6) is 0.149. The van der Waals surface area contributed by atoms with E-state index >= 15 is 0 Å². The second kappa shape index (κ2) is 7.51. The van der Waals surface area contributed by atoms with Crippen molar-refractivity contribution < 1.29 is 9.59 Å². The number of nitrogens with one attached hydrogen (secondary N) is 1. The normalized spacial score (nSPS) is 20.2. The van der Waals surface area contributed by atoms with Gasteiger partial charge in [0.15, 0.2) is 0 Å². The van der Waals surface area contributed by atoms with Crippen LogP contribution in [0.25, 0.3) is 0 Å². The Kier molecular flexibility index (Phi) is 5.17. The highest BCUT2D eigenvalue weighted by Crippen LogP contribution is 2.28. The number of likely N-dealkylation sites (tertiary alicyclic amines) is 1. The van der Waals surface area contributed by atoms with Crippen molar-refractivity contribution in [1.82, 2.24) is 10.2 Å². The van der Waals surface area contributed by atoms with Gasteiger partial charge in [0.2, 0.25) is 6.41 Å².